The fraction of sp³-hybridized carbons (Fsp3) is 0.462. The lowest BCUT2D eigenvalue weighted by molar-refractivity contribution is -0.127. The predicted octanol–water partition coefficient (Wildman–Crippen LogP) is 2.13. The Bertz CT molecular complexity index is 502. The second-order valence-corrected chi connectivity index (χ2v) is 5.37. The topological polar surface area (TPSA) is 62.3 Å². The first-order valence-corrected chi connectivity index (χ1v) is 7.21. The van der Waals surface area contributed by atoms with Crippen LogP contribution in [0, 0.1) is 0 Å². The molecule has 0 saturated carbocycles. The first-order chi connectivity index (χ1) is 9.56. The summed E-state index contributed by atoms with van der Waals surface area (Å²) in [7, 11) is 0. The Kier molecular flexibility index (Phi) is 5.20. The fourth-order valence-corrected chi connectivity index (χ4v) is 2.57. The van der Waals surface area contributed by atoms with Crippen molar-refractivity contribution >= 4 is 35.0 Å². The Hall–Kier alpha value is -1.33. The summed E-state index contributed by atoms with van der Waals surface area (Å²) in [6.45, 7) is 2.00. The third kappa shape index (κ3) is 4.08. The zero-order valence-corrected chi connectivity index (χ0v) is 12.4. The minimum absolute atomic E-state index is 0.185. The Morgan fingerprint density at radius 2 is 2.05 bits per heavy atom. The molecule has 1 aromatic heterocycles. The molecular formula is C13H15Cl2N3O2. The van der Waals surface area contributed by atoms with Gasteiger partial charge in [-0.25, -0.2) is 4.98 Å². The maximum Gasteiger partial charge on any atom is 0.251 e. The molecule has 2 heterocycles. The molecule has 5 nitrogen and oxygen atoms in total. The molecule has 0 bridgehead atoms. The minimum atomic E-state index is -0.246. The number of nitrogens with one attached hydrogen (secondary N) is 1. The van der Waals surface area contributed by atoms with Crippen molar-refractivity contribution in [1.82, 2.24) is 15.2 Å². The molecule has 0 unspecified atom stereocenters. The van der Waals surface area contributed by atoms with E-state index in [9.17, 15) is 9.59 Å². The van der Waals surface area contributed by atoms with E-state index in [1.165, 1.54) is 12.1 Å². The highest BCUT2D eigenvalue weighted by Crippen LogP contribution is 2.14. The molecule has 0 radical (unpaired) electrons. The van der Waals surface area contributed by atoms with Crippen LogP contribution in [0.4, 0.5) is 0 Å². The summed E-state index contributed by atoms with van der Waals surface area (Å²) in [6.07, 6.45) is 2.30. The van der Waals surface area contributed by atoms with Crippen LogP contribution in [0.25, 0.3) is 0 Å². The molecule has 1 aliphatic rings. The van der Waals surface area contributed by atoms with Gasteiger partial charge in [0.05, 0.1) is 0 Å². The monoisotopic (exact) mass is 315 g/mol. The molecule has 1 aromatic rings. The lowest BCUT2D eigenvalue weighted by Gasteiger charge is -2.15. The molecule has 20 heavy (non-hydrogen) atoms. The summed E-state index contributed by atoms with van der Waals surface area (Å²) in [5.74, 6) is -0.0482. The number of carbonyl (C=O) groups excluding carboxylic acids is 2. The summed E-state index contributed by atoms with van der Waals surface area (Å²) in [4.78, 5) is 28.9. The number of hydrogen-bond acceptors (Lipinski definition) is 3. The van der Waals surface area contributed by atoms with Gasteiger partial charge in [-0.15, -0.1) is 0 Å². The standard InChI is InChI=1S/C13H15Cl2N3O2/c14-10-7-9(8-11(15)17-10)13(20)16-4-2-6-18-5-1-3-12(18)19/h7-8H,1-6H2,(H,16,20). The van der Waals surface area contributed by atoms with E-state index in [0.29, 0.717) is 25.1 Å². The molecule has 1 N–H and O–H groups in total. The van der Waals surface area contributed by atoms with Gasteiger partial charge in [0.1, 0.15) is 10.3 Å². The van der Waals surface area contributed by atoms with Crippen molar-refractivity contribution in [2.24, 2.45) is 0 Å². The molecule has 7 heteroatoms. The molecule has 1 saturated heterocycles. The Labute approximate surface area is 127 Å². The lowest BCUT2D eigenvalue weighted by Crippen LogP contribution is -2.30. The van der Waals surface area contributed by atoms with Crippen LogP contribution in [0.3, 0.4) is 0 Å². The van der Waals surface area contributed by atoms with E-state index in [0.717, 1.165) is 19.4 Å². The number of amides is 2. The predicted molar refractivity (Wildman–Crippen MR) is 77.0 cm³/mol. The van der Waals surface area contributed by atoms with Crippen molar-refractivity contribution in [2.75, 3.05) is 19.6 Å². The number of halogens is 2. The van der Waals surface area contributed by atoms with Gasteiger partial charge in [0.15, 0.2) is 0 Å². The van der Waals surface area contributed by atoms with Gasteiger partial charge in [0, 0.05) is 31.6 Å². The number of hydrogen-bond donors (Lipinski definition) is 1. The van der Waals surface area contributed by atoms with E-state index >= 15 is 0 Å². The summed E-state index contributed by atoms with van der Waals surface area (Å²) in [6, 6.07) is 2.93. The van der Waals surface area contributed by atoms with Crippen molar-refractivity contribution in [3.8, 4) is 0 Å². The van der Waals surface area contributed by atoms with Crippen molar-refractivity contribution in [2.45, 2.75) is 19.3 Å². The zero-order chi connectivity index (χ0) is 14.5. The summed E-state index contributed by atoms with van der Waals surface area (Å²) in [5, 5.41) is 3.14. The lowest BCUT2D eigenvalue weighted by atomic mass is 10.2. The number of aromatic nitrogens is 1. The molecule has 0 atom stereocenters. The van der Waals surface area contributed by atoms with Gasteiger partial charge in [-0.2, -0.15) is 0 Å². The van der Waals surface area contributed by atoms with Crippen LogP contribution in [-0.2, 0) is 4.79 Å². The second kappa shape index (κ2) is 6.90. The van der Waals surface area contributed by atoms with Crippen LogP contribution in [0.2, 0.25) is 10.3 Å². The quantitative estimate of drug-likeness (QED) is 0.669. The molecule has 0 aliphatic carbocycles. The maximum atomic E-state index is 11.9. The average molecular weight is 316 g/mol. The molecule has 1 fully saturated rings. The van der Waals surface area contributed by atoms with Gasteiger partial charge in [0.2, 0.25) is 5.91 Å². The highest BCUT2D eigenvalue weighted by atomic mass is 35.5. The SMILES string of the molecule is O=C(NCCCN1CCCC1=O)c1cc(Cl)nc(Cl)c1. The number of pyridine rings is 1. The normalized spacial score (nSPS) is 14.7. The van der Waals surface area contributed by atoms with Crippen LogP contribution < -0.4 is 5.32 Å². The van der Waals surface area contributed by atoms with Crippen LogP contribution in [0.5, 0.6) is 0 Å². The van der Waals surface area contributed by atoms with E-state index in [1.54, 1.807) is 0 Å². The Morgan fingerprint density at radius 3 is 2.65 bits per heavy atom. The third-order valence-electron chi connectivity index (χ3n) is 3.09. The average Bonchev–Trinajstić information content (AvgIpc) is 2.79. The second-order valence-electron chi connectivity index (χ2n) is 4.60. The molecular weight excluding hydrogens is 301 g/mol. The molecule has 2 amide bonds. The Morgan fingerprint density at radius 1 is 1.35 bits per heavy atom. The van der Waals surface area contributed by atoms with E-state index < -0.39 is 0 Å². The number of carbonyl (C=O) groups is 2. The highest BCUT2D eigenvalue weighted by Gasteiger charge is 2.19. The zero-order valence-electron chi connectivity index (χ0n) is 10.9. The summed E-state index contributed by atoms with van der Waals surface area (Å²) in [5.41, 5.74) is 0.382. The maximum absolute atomic E-state index is 11.9. The largest absolute Gasteiger partial charge is 0.352 e. The fourth-order valence-electron chi connectivity index (χ4n) is 2.11. The van der Waals surface area contributed by atoms with Crippen LogP contribution in [0.15, 0.2) is 12.1 Å². The van der Waals surface area contributed by atoms with Crippen molar-refractivity contribution in [3.63, 3.8) is 0 Å². The van der Waals surface area contributed by atoms with Gasteiger partial charge in [0.25, 0.3) is 5.91 Å². The van der Waals surface area contributed by atoms with Crippen LogP contribution >= 0.6 is 23.2 Å². The number of rotatable bonds is 5. The first-order valence-electron chi connectivity index (χ1n) is 6.45. The van der Waals surface area contributed by atoms with Gasteiger partial charge in [-0.3, -0.25) is 9.59 Å². The summed E-state index contributed by atoms with van der Waals surface area (Å²) >= 11 is 11.5. The number of likely N-dealkylation sites (tertiary alicyclic amines) is 1. The minimum Gasteiger partial charge on any atom is -0.352 e. The van der Waals surface area contributed by atoms with Crippen molar-refractivity contribution in [1.29, 1.82) is 0 Å². The smallest absolute Gasteiger partial charge is 0.251 e. The van der Waals surface area contributed by atoms with E-state index in [2.05, 4.69) is 10.3 Å². The van der Waals surface area contributed by atoms with Crippen LogP contribution in [-0.4, -0.2) is 41.3 Å². The van der Waals surface area contributed by atoms with Gasteiger partial charge < -0.3 is 10.2 Å². The van der Waals surface area contributed by atoms with Gasteiger partial charge >= 0.3 is 0 Å². The van der Waals surface area contributed by atoms with E-state index in [-0.39, 0.29) is 22.1 Å². The van der Waals surface area contributed by atoms with Gasteiger partial charge in [-0.1, -0.05) is 23.2 Å². The number of nitrogens with zero attached hydrogens (tertiary/aromatic N) is 2. The van der Waals surface area contributed by atoms with Crippen molar-refractivity contribution in [3.05, 3.63) is 28.0 Å². The molecule has 0 spiro atoms. The molecule has 1 aliphatic heterocycles. The first kappa shape index (κ1) is 15.1. The Balaban J connectivity index is 1.76. The van der Waals surface area contributed by atoms with Gasteiger partial charge in [-0.05, 0) is 25.0 Å². The van der Waals surface area contributed by atoms with E-state index in [1.807, 2.05) is 4.90 Å². The molecule has 2 rings (SSSR count). The van der Waals surface area contributed by atoms with Crippen LogP contribution in [0.1, 0.15) is 29.6 Å². The molecule has 0 aromatic carbocycles. The summed E-state index contributed by atoms with van der Waals surface area (Å²) < 4.78 is 0. The third-order valence-corrected chi connectivity index (χ3v) is 3.47. The molecule has 108 valence electrons. The van der Waals surface area contributed by atoms with Crippen molar-refractivity contribution < 1.29 is 9.59 Å². The highest BCUT2D eigenvalue weighted by molar-refractivity contribution is 6.33. The van der Waals surface area contributed by atoms with E-state index in [4.69, 9.17) is 23.2 Å².